The van der Waals surface area contributed by atoms with Gasteiger partial charge in [0, 0.05) is 32.2 Å². The van der Waals surface area contributed by atoms with E-state index < -0.39 is 0 Å². The van der Waals surface area contributed by atoms with E-state index in [1.165, 1.54) is 32.1 Å². The van der Waals surface area contributed by atoms with Crippen LogP contribution in [0.5, 0.6) is 0 Å². The zero-order valence-electron chi connectivity index (χ0n) is 17.6. The Balaban J connectivity index is 0.00000300. The standard InChI is InChI=1S/C19H34N8O.HI/c1-14-24-25-18(26(14)2)12-21-19(22-15-6-4-3-5-7-15)23-16-8-10-27(11-9-16)13-17(20)28;/h15-16H,3-13H2,1-2H3,(H2,20,28)(H2,21,22,23);1H. The zero-order chi connectivity index (χ0) is 19.9. The lowest BCUT2D eigenvalue weighted by molar-refractivity contribution is -0.119. The van der Waals surface area contributed by atoms with E-state index in [2.05, 4.69) is 25.7 Å². The summed E-state index contributed by atoms with van der Waals surface area (Å²) in [6.45, 7) is 4.54. The van der Waals surface area contributed by atoms with E-state index in [4.69, 9.17) is 10.7 Å². The van der Waals surface area contributed by atoms with Gasteiger partial charge >= 0.3 is 0 Å². The molecule has 1 saturated heterocycles. The number of nitrogens with two attached hydrogens (primary N) is 1. The first-order valence-electron chi connectivity index (χ1n) is 10.4. The minimum Gasteiger partial charge on any atom is -0.369 e. The number of halogens is 1. The number of carbonyl (C=O) groups excluding carboxylic acids is 1. The molecule has 1 amide bonds. The molecule has 1 aromatic rings. The summed E-state index contributed by atoms with van der Waals surface area (Å²) in [5.41, 5.74) is 5.31. The first-order valence-corrected chi connectivity index (χ1v) is 10.4. The number of guanidine groups is 1. The molecule has 1 aliphatic carbocycles. The molecule has 0 spiro atoms. The van der Waals surface area contributed by atoms with Crippen molar-refractivity contribution in [2.45, 2.75) is 70.5 Å². The first kappa shape index (κ1) is 23.8. The van der Waals surface area contributed by atoms with Crippen molar-refractivity contribution in [3.8, 4) is 0 Å². The highest BCUT2D eigenvalue weighted by Gasteiger charge is 2.22. The van der Waals surface area contributed by atoms with Gasteiger partial charge in [-0.15, -0.1) is 34.2 Å². The van der Waals surface area contributed by atoms with Gasteiger partial charge in [0.25, 0.3) is 0 Å². The van der Waals surface area contributed by atoms with E-state index in [0.717, 1.165) is 43.5 Å². The van der Waals surface area contributed by atoms with Gasteiger partial charge < -0.3 is 20.9 Å². The average Bonchev–Trinajstić information content (AvgIpc) is 3.00. The molecular formula is C19H35IN8O. The number of aliphatic imine (C=N–C) groups is 1. The van der Waals surface area contributed by atoms with E-state index in [-0.39, 0.29) is 29.9 Å². The van der Waals surface area contributed by atoms with Crippen molar-refractivity contribution in [3.63, 3.8) is 0 Å². The Labute approximate surface area is 190 Å². The minimum atomic E-state index is -0.258. The van der Waals surface area contributed by atoms with Crippen LogP contribution < -0.4 is 16.4 Å². The lowest BCUT2D eigenvalue weighted by Crippen LogP contribution is -2.52. The lowest BCUT2D eigenvalue weighted by atomic mass is 9.95. The zero-order valence-corrected chi connectivity index (χ0v) is 19.9. The predicted octanol–water partition coefficient (Wildman–Crippen LogP) is 1.06. The number of amides is 1. The highest BCUT2D eigenvalue weighted by Crippen LogP contribution is 2.17. The second-order valence-electron chi connectivity index (χ2n) is 8.03. The maximum absolute atomic E-state index is 11.1. The minimum absolute atomic E-state index is 0. The number of nitrogens with zero attached hydrogens (tertiary/aromatic N) is 5. The van der Waals surface area contributed by atoms with Crippen LogP contribution in [0, 0.1) is 6.92 Å². The quantitative estimate of drug-likeness (QED) is 0.295. The fraction of sp³-hybridized carbons (Fsp3) is 0.789. The molecule has 29 heavy (non-hydrogen) atoms. The van der Waals surface area contributed by atoms with Crippen LogP contribution in [0.4, 0.5) is 0 Å². The molecule has 1 aromatic heterocycles. The molecule has 164 valence electrons. The van der Waals surface area contributed by atoms with Crippen molar-refractivity contribution in [3.05, 3.63) is 11.6 Å². The fourth-order valence-corrected chi connectivity index (χ4v) is 3.96. The van der Waals surface area contributed by atoms with Crippen molar-refractivity contribution >= 4 is 35.8 Å². The van der Waals surface area contributed by atoms with Crippen molar-refractivity contribution in [2.24, 2.45) is 17.8 Å². The van der Waals surface area contributed by atoms with Crippen LogP contribution in [-0.2, 0) is 18.4 Å². The number of aromatic nitrogens is 3. The van der Waals surface area contributed by atoms with Crippen LogP contribution in [-0.4, -0.2) is 63.2 Å². The molecular weight excluding hydrogens is 483 g/mol. The van der Waals surface area contributed by atoms with Gasteiger partial charge in [-0.05, 0) is 32.6 Å². The second-order valence-corrected chi connectivity index (χ2v) is 8.03. The molecule has 4 N–H and O–H groups in total. The summed E-state index contributed by atoms with van der Waals surface area (Å²) in [4.78, 5) is 18.0. The highest BCUT2D eigenvalue weighted by molar-refractivity contribution is 14.0. The number of aryl methyl sites for hydroxylation is 1. The van der Waals surface area contributed by atoms with Gasteiger partial charge in [-0.3, -0.25) is 9.69 Å². The average molecular weight is 518 g/mol. The van der Waals surface area contributed by atoms with Gasteiger partial charge in [-0.25, -0.2) is 4.99 Å². The maximum atomic E-state index is 11.1. The van der Waals surface area contributed by atoms with Crippen LogP contribution in [0.15, 0.2) is 4.99 Å². The van der Waals surface area contributed by atoms with E-state index in [1.54, 1.807) is 0 Å². The molecule has 2 fully saturated rings. The Morgan fingerprint density at radius 2 is 1.72 bits per heavy atom. The van der Waals surface area contributed by atoms with Crippen LogP contribution >= 0.6 is 24.0 Å². The summed E-state index contributed by atoms with van der Waals surface area (Å²) in [7, 11) is 1.97. The van der Waals surface area contributed by atoms with Crippen LogP contribution in [0.3, 0.4) is 0 Å². The monoisotopic (exact) mass is 518 g/mol. The molecule has 0 bridgehead atoms. The number of primary amides is 1. The summed E-state index contributed by atoms with van der Waals surface area (Å²) >= 11 is 0. The third-order valence-electron chi connectivity index (χ3n) is 5.82. The van der Waals surface area contributed by atoms with Crippen molar-refractivity contribution < 1.29 is 4.79 Å². The molecule has 0 atom stereocenters. The van der Waals surface area contributed by atoms with Gasteiger partial charge in [0.1, 0.15) is 12.4 Å². The van der Waals surface area contributed by atoms with Crippen LogP contribution in [0.1, 0.15) is 56.6 Å². The third-order valence-corrected chi connectivity index (χ3v) is 5.82. The third kappa shape index (κ3) is 7.40. The van der Waals surface area contributed by atoms with E-state index in [9.17, 15) is 4.79 Å². The van der Waals surface area contributed by atoms with Gasteiger partial charge in [0.05, 0.1) is 6.54 Å². The number of rotatable bonds is 6. The molecule has 2 aliphatic rings. The molecule has 1 saturated carbocycles. The number of hydrogen-bond acceptors (Lipinski definition) is 5. The van der Waals surface area contributed by atoms with Crippen LogP contribution in [0.25, 0.3) is 0 Å². The summed E-state index contributed by atoms with van der Waals surface area (Å²) in [6.07, 6.45) is 8.22. The summed E-state index contributed by atoms with van der Waals surface area (Å²) in [5, 5.41) is 15.6. The van der Waals surface area contributed by atoms with Crippen molar-refractivity contribution in [2.75, 3.05) is 19.6 Å². The second kappa shape index (κ2) is 11.7. The van der Waals surface area contributed by atoms with Gasteiger partial charge in [0.15, 0.2) is 11.8 Å². The molecule has 0 aromatic carbocycles. The molecule has 0 unspecified atom stereocenters. The maximum Gasteiger partial charge on any atom is 0.231 e. The van der Waals surface area contributed by atoms with Gasteiger partial charge in [0.2, 0.25) is 5.91 Å². The summed E-state index contributed by atoms with van der Waals surface area (Å²) < 4.78 is 1.98. The number of hydrogen-bond donors (Lipinski definition) is 3. The number of piperidine rings is 1. The number of nitrogens with one attached hydrogen (secondary N) is 2. The largest absolute Gasteiger partial charge is 0.369 e. The molecule has 9 nitrogen and oxygen atoms in total. The molecule has 2 heterocycles. The van der Waals surface area contributed by atoms with Crippen molar-refractivity contribution in [1.29, 1.82) is 0 Å². The Bertz CT molecular complexity index is 678. The molecule has 10 heteroatoms. The SMILES string of the molecule is Cc1nnc(CN=C(NC2CCCCC2)NC2CCN(CC(N)=O)CC2)n1C.I. The Morgan fingerprint density at radius 1 is 1.10 bits per heavy atom. The summed E-state index contributed by atoms with van der Waals surface area (Å²) in [6, 6.07) is 0.830. The Hall–Kier alpha value is -1.43. The Morgan fingerprint density at radius 3 is 2.28 bits per heavy atom. The van der Waals surface area contributed by atoms with Crippen LogP contribution in [0.2, 0.25) is 0 Å². The number of likely N-dealkylation sites (tertiary alicyclic amines) is 1. The van der Waals surface area contributed by atoms with Gasteiger partial charge in [-0.2, -0.15) is 0 Å². The van der Waals surface area contributed by atoms with Gasteiger partial charge in [-0.1, -0.05) is 19.3 Å². The smallest absolute Gasteiger partial charge is 0.231 e. The number of carbonyl (C=O) groups is 1. The fourth-order valence-electron chi connectivity index (χ4n) is 3.96. The summed E-state index contributed by atoms with van der Waals surface area (Å²) in [5.74, 6) is 2.35. The van der Waals surface area contributed by atoms with E-state index >= 15 is 0 Å². The molecule has 3 rings (SSSR count). The van der Waals surface area contributed by atoms with E-state index in [0.29, 0.717) is 25.2 Å². The Kier molecular flexibility index (Phi) is 9.60. The predicted molar refractivity (Wildman–Crippen MR) is 124 cm³/mol. The molecule has 1 aliphatic heterocycles. The topological polar surface area (TPSA) is 113 Å². The van der Waals surface area contributed by atoms with Crippen molar-refractivity contribution in [1.82, 2.24) is 30.3 Å². The first-order chi connectivity index (χ1) is 13.5. The highest BCUT2D eigenvalue weighted by atomic mass is 127. The normalized spacial score (nSPS) is 19.6. The lowest BCUT2D eigenvalue weighted by Gasteiger charge is -2.33. The molecule has 0 radical (unpaired) electrons. The van der Waals surface area contributed by atoms with E-state index in [1.807, 2.05) is 18.5 Å².